The molecule has 0 atom stereocenters. The monoisotopic (exact) mass is 531 g/mol. The summed E-state index contributed by atoms with van der Waals surface area (Å²) in [5, 5.41) is 5.17. The highest BCUT2D eigenvalue weighted by atomic mass is 35.5. The Morgan fingerprint density at radius 2 is 1.71 bits per heavy atom. The van der Waals surface area contributed by atoms with Crippen molar-refractivity contribution in [2.45, 2.75) is 58.0 Å². The lowest BCUT2D eigenvalue weighted by molar-refractivity contribution is -0.125. The third-order valence-corrected chi connectivity index (χ3v) is 8.75. The molecule has 0 radical (unpaired) electrons. The molecular formula is C28H30ClN7O2. The van der Waals surface area contributed by atoms with Crippen LogP contribution in [0.25, 0.3) is 17.1 Å². The number of halogens is 1. The Hall–Kier alpha value is -3.46. The first-order valence-corrected chi connectivity index (χ1v) is 13.7. The molecule has 4 aliphatic rings. The summed E-state index contributed by atoms with van der Waals surface area (Å²) in [5.41, 5.74) is 3.05. The predicted octanol–water partition coefficient (Wildman–Crippen LogP) is 6.06. The van der Waals surface area contributed by atoms with Crippen LogP contribution in [0.2, 0.25) is 5.02 Å². The first kappa shape index (κ1) is 23.6. The van der Waals surface area contributed by atoms with Gasteiger partial charge >= 0.3 is 6.09 Å². The van der Waals surface area contributed by atoms with Crippen LogP contribution in [0.4, 0.5) is 16.3 Å². The molecule has 4 aromatic rings. The van der Waals surface area contributed by atoms with E-state index in [1.165, 1.54) is 24.2 Å². The number of amides is 1. The van der Waals surface area contributed by atoms with Crippen molar-refractivity contribution >= 4 is 40.4 Å². The zero-order valence-electron chi connectivity index (χ0n) is 21.8. The van der Waals surface area contributed by atoms with Crippen LogP contribution < -0.4 is 4.90 Å². The number of carbonyl (C=O) groups excluding carboxylic acids is 1. The van der Waals surface area contributed by atoms with Crippen molar-refractivity contribution in [1.82, 2.24) is 29.3 Å². The van der Waals surface area contributed by atoms with Crippen LogP contribution in [-0.4, -0.2) is 41.0 Å². The van der Waals surface area contributed by atoms with E-state index in [1.807, 2.05) is 43.7 Å². The van der Waals surface area contributed by atoms with E-state index in [-0.39, 0.29) is 0 Å². The molecule has 38 heavy (non-hydrogen) atoms. The lowest BCUT2D eigenvalue weighted by Gasteiger charge is -2.55. The number of rotatable bonds is 4. The second-order valence-electron chi connectivity index (χ2n) is 11.5. The summed E-state index contributed by atoms with van der Waals surface area (Å²) < 4.78 is 10.0. The molecule has 8 rings (SSSR count). The van der Waals surface area contributed by atoms with Crippen LogP contribution in [0.15, 0.2) is 36.7 Å². The maximum Gasteiger partial charge on any atom is 0.420 e. The lowest BCUT2D eigenvalue weighted by Crippen LogP contribution is -2.53. The smallest absolute Gasteiger partial charge is 0.420 e. The van der Waals surface area contributed by atoms with Crippen LogP contribution in [0.5, 0.6) is 0 Å². The van der Waals surface area contributed by atoms with Crippen molar-refractivity contribution in [3.05, 3.63) is 53.1 Å². The zero-order chi connectivity index (χ0) is 26.2. The minimum atomic E-state index is -0.445. The zero-order valence-corrected chi connectivity index (χ0v) is 22.5. The number of carbonyl (C=O) groups is 1. The Balaban J connectivity index is 1.36. The lowest BCUT2D eigenvalue weighted by atomic mass is 9.54. The molecule has 0 spiro atoms. The van der Waals surface area contributed by atoms with E-state index in [2.05, 4.69) is 10.1 Å². The minimum Gasteiger partial charge on any atom is -0.442 e. The Morgan fingerprint density at radius 1 is 1.05 bits per heavy atom. The number of fused-ring (bicyclic) bond motifs is 1. The van der Waals surface area contributed by atoms with Crippen molar-refractivity contribution in [3.8, 4) is 5.95 Å². The van der Waals surface area contributed by atoms with Gasteiger partial charge in [-0.2, -0.15) is 15.1 Å². The molecule has 4 aliphatic carbocycles. The summed E-state index contributed by atoms with van der Waals surface area (Å²) in [7, 11) is 1.87. The first-order valence-electron chi connectivity index (χ1n) is 13.3. The van der Waals surface area contributed by atoms with Gasteiger partial charge in [0.25, 0.3) is 5.95 Å². The van der Waals surface area contributed by atoms with E-state index >= 15 is 0 Å². The van der Waals surface area contributed by atoms with E-state index in [0.29, 0.717) is 51.4 Å². The fraction of sp³-hybridized carbons (Fsp3) is 0.464. The molecule has 196 valence electrons. The number of hydrogen-bond donors (Lipinski definition) is 0. The standard InChI is InChI=1S/C28H30ClN7O2/c1-16-8-17(2)36(33-16)26-31-24-23(30-15-34(24)3)25(32-26)35(22-6-4-21(29)5-7-22)27(37)38-28-12-18-9-19(13-28)11-20(10-18)14-28/h4-8,15,18-20H,9-14H2,1-3H3. The van der Waals surface area contributed by atoms with Crippen molar-refractivity contribution in [3.63, 3.8) is 0 Å². The van der Waals surface area contributed by atoms with Gasteiger partial charge in [0.15, 0.2) is 17.0 Å². The molecule has 10 heteroatoms. The van der Waals surface area contributed by atoms with Crippen molar-refractivity contribution in [1.29, 1.82) is 0 Å². The van der Waals surface area contributed by atoms with E-state index in [4.69, 9.17) is 26.3 Å². The highest BCUT2D eigenvalue weighted by Gasteiger charge is 2.53. The van der Waals surface area contributed by atoms with Gasteiger partial charge in [0, 0.05) is 17.8 Å². The van der Waals surface area contributed by atoms with Crippen LogP contribution >= 0.6 is 11.6 Å². The summed E-state index contributed by atoms with van der Waals surface area (Å²) >= 11 is 6.22. The Bertz CT molecular complexity index is 1520. The van der Waals surface area contributed by atoms with Gasteiger partial charge in [0.2, 0.25) is 0 Å². The SMILES string of the molecule is Cc1cc(C)n(-c2nc(N(C(=O)OC34CC5CC(CC(C5)C3)C4)c3ccc(Cl)cc3)c3ncn(C)c3n2)n1. The molecule has 1 aromatic carbocycles. The van der Waals surface area contributed by atoms with Crippen LogP contribution in [0.1, 0.15) is 49.9 Å². The summed E-state index contributed by atoms with van der Waals surface area (Å²) in [5.74, 6) is 2.67. The average molecular weight is 532 g/mol. The largest absolute Gasteiger partial charge is 0.442 e. The molecule has 0 unspecified atom stereocenters. The molecule has 0 saturated heterocycles. The molecule has 3 heterocycles. The number of nitrogens with zero attached hydrogens (tertiary/aromatic N) is 7. The maximum absolute atomic E-state index is 14.2. The second kappa shape index (κ2) is 8.53. The van der Waals surface area contributed by atoms with Gasteiger partial charge in [-0.1, -0.05) is 11.6 Å². The van der Waals surface area contributed by atoms with Crippen LogP contribution in [-0.2, 0) is 11.8 Å². The highest BCUT2D eigenvalue weighted by molar-refractivity contribution is 6.30. The molecule has 4 saturated carbocycles. The molecular weight excluding hydrogens is 502 g/mol. The van der Waals surface area contributed by atoms with Gasteiger partial charge in [-0.05, 0) is 100 Å². The Morgan fingerprint density at radius 3 is 2.32 bits per heavy atom. The van der Waals surface area contributed by atoms with Crippen LogP contribution in [0.3, 0.4) is 0 Å². The quantitative estimate of drug-likeness (QED) is 0.318. The molecule has 3 aromatic heterocycles. The molecule has 0 N–H and O–H groups in total. The van der Waals surface area contributed by atoms with Gasteiger partial charge in [0.1, 0.15) is 5.60 Å². The number of imidazole rings is 1. The number of ether oxygens (including phenoxy) is 1. The fourth-order valence-electron chi connectivity index (χ4n) is 7.35. The summed E-state index contributed by atoms with van der Waals surface area (Å²) in [6, 6.07) is 9.11. The summed E-state index contributed by atoms with van der Waals surface area (Å²) in [6.07, 6.45) is 7.87. The molecule has 4 fully saturated rings. The van der Waals surface area contributed by atoms with Gasteiger partial charge < -0.3 is 9.30 Å². The Kier molecular flexibility index (Phi) is 5.30. The molecule has 9 nitrogen and oxygen atoms in total. The van der Waals surface area contributed by atoms with Crippen molar-refractivity contribution in [2.75, 3.05) is 4.90 Å². The average Bonchev–Trinajstić information content (AvgIpc) is 3.40. The van der Waals surface area contributed by atoms with Gasteiger partial charge in [-0.15, -0.1) is 0 Å². The Labute approximate surface area is 225 Å². The van der Waals surface area contributed by atoms with E-state index < -0.39 is 11.7 Å². The summed E-state index contributed by atoms with van der Waals surface area (Å²) in [4.78, 5) is 30.0. The number of aryl methyl sites for hydroxylation is 3. The topological polar surface area (TPSA) is 91.0 Å². The molecule has 1 amide bonds. The number of anilines is 2. The number of benzene rings is 1. The van der Waals surface area contributed by atoms with E-state index in [9.17, 15) is 4.79 Å². The van der Waals surface area contributed by atoms with Gasteiger partial charge in [-0.3, -0.25) is 0 Å². The molecule has 0 aliphatic heterocycles. The van der Waals surface area contributed by atoms with Crippen LogP contribution in [0, 0.1) is 31.6 Å². The summed E-state index contributed by atoms with van der Waals surface area (Å²) in [6.45, 7) is 3.88. The fourth-order valence-corrected chi connectivity index (χ4v) is 7.48. The van der Waals surface area contributed by atoms with E-state index in [0.717, 1.165) is 30.7 Å². The van der Waals surface area contributed by atoms with E-state index in [1.54, 1.807) is 23.1 Å². The number of hydrogen-bond acceptors (Lipinski definition) is 6. The van der Waals surface area contributed by atoms with Gasteiger partial charge in [-0.25, -0.2) is 19.4 Å². The minimum absolute atomic E-state index is 0.357. The van der Waals surface area contributed by atoms with Gasteiger partial charge in [0.05, 0.1) is 17.7 Å². The molecule has 4 bridgehead atoms. The van der Waals surface area contributed by atoms with Crippen molar-refractivity contribution < 1.29 is 9.53 Å². The van der Waals surface area contributed by atoms with Crippen molar-refractivity contribution in [2.24, 2.45) is 24.8 Å². The first-order chi connectivity index (χ1) is 18.3. The maximum atomic E-state index is 14.2. The second-order valence-corrected chi connectivity index (χ2v) is 11.9. The number of aromatic nitrogens is 6. The predicted molar refractivity (Wildman–Crippen MR) is 144 cm³/mol. The third-order valence-electron chi connectivity index (χ3n) is 8.49. The normalized spacial score (nSPS) is 25.7. The third kappa shape index (κ3) is 3.86. The highest BCUT2D eigenvalue weighted by Crippen LogP contribution is 2.57.